The molecular formula is C12H14F3NO. The minimum atomic E-state index is -4.39. The lowest BCUT2D eigenvalue weighted by molar-refractivity contribution is -0.137. The molecule has 0 saturated heterocycles. The summed E-state index contributed by atoms with van der Waals surface area (Å²) in [5.74, 6) is 0. The first-order chi connectivity index (χ1) is 7.95. The van der Waals surface area contributed by atoms with E-state index in [1.54, 1.807) is 6.08 Å². The molecule has 0 radical (unpaired) electrons. The molecule has 1 N–H and O–H groups in total. The van der Waals surface area contributed by atoms with E-state index in [2.05, 4.69) is 11.6 Å². The molecule has 1 rings (SSSR count). The number of halogens is 3. The summed E-state index contributed by atoms with van der Waals surface area (Å²) in [4.78, 5) is 3.63. The monoisotopic (exact) mass is 245 g/mol. The Morgan fingerprint density at radius 3 is 2.59 bits per heavy atom. The van der Waals surface area contributed by atoms with Crippen molar-refractivity contribution in [2.45, 2.75) is 31.5 Å². The molecule has 2 nitrogen and oxygen atoms in total. The van der Waals surface area contributed by atoms with Gasteiger partial charge in [-0.2, -0.15) is 13.2 Å². The molecule has 0 aliphatic carbocycles. The van der Waals surface area contributed by atoms with E-state index in [9.17, 15) is 18.3 Å². The lowest BCUT2D eigenvalue weighted by Crippen LogP contribution is -2.07. The van der Waals surface area contributed by atoms with E-state index in [1.165, 1.54) is 6.07 Å². The van der Waals surface area contributed by atoms with Crippen molar-refractivity contribution in [1.82, 2.24) is 4.98 Å². The molecule has 1 atom stereocenters. The summed E-state index contributed by atoms with van der Waals surface area (Å²) in [6, 6.07) is 2.14. The average Bonchev–Trinajstić information content (AvgIpc) is 2.28. The maximum absolute atomic E-state index is 12.3. The molecule has 17 heavy (non-hydrogen) atoms. The Hall–Kier alpha value is -1.36. The largest absolute Gasteiger partial charge is 0.417 e. The Kier molecular flexibility index (Phi) is 4.69. The van der Waals surface area contributed by atoms with E-state index in [-0.39, 0.29) is 5.69 Å². The molecule has 1 aromatic heterocycles. The zero-order chi connectivity index (χ0) is 12.9. The van der Waals surface area contributed by atoms with Crippen LogP contribution in [0.3, 0.4) is 0 Å². The highest BCUT2D eigenvalue weighted by molar-refractivity contribution is 5.18. The Balaban J connectivity index is 2.64. The van der Waals surface area contributed by atoms with Crippen molar-refractivity contribution in [3.63, 3.8) is 0 Å². The lowest BCUT2D eigenvalue weighted by Gasteiger charge is -2.11. The van der Waals surface area contributed by atoms with Crippen LogP contribution in [0.25, 0.3) is 0 Å². The molecule has 0 aliphatic heterocycles. The number of hydrogen-bond acceptors (Lipinski definition) is 2. The summed E-state index contributed by atoms with van der Waals surface area (Å²) in [7, 11) is 0. The van der Waals surface area contributed by atoms with Crippen molar-refractivity contribution in [2.75, 3.05) is 0 Å². The molecule has 0 bridgehead atoms. The number of hydrogen-bond donors (Lipinski definition) is 1. The first-order valence-electron chi connectivity index (χ1n) is 5.27. The number of aliphatic hydroxyl groups is 1. The summed E-state index contributed by atoms with van der Waals surface area (Å²) in [5, 5.41) is 9.66. The summed E-state index contributed by atoms with van der Waals surface area (Å²) in [6.45, 7) is 3.55. The first kappa shape index (κ1) is 13.7. The minimum Gasteiger partial charge on any atom is -0.387 e. The molecule has 1 aromatic rings. The number of aliphatic hydroxyl groups excluding tert-OH is 1. The standard InChI is InChI=1S/C12H14F3NO/c1-2-3-4-5-11(17)10-7-6-9(8-16-10)12(13,14)15/h2,6-8,11,17H,1,3-5H2. The van der Waals surface area contributed by atoms with Gasteiger partial charge in [0.1, 0.15) is 0 Å². The summed E-state index contributed by atoms with van der Waals surface area (Å²) in [6.07, 6.45) is -0.787. The predicted octanol–water partition coefficient (Wildman–Crippen LogP) is 3.49. The van der Waals surface area contributed by atoms with Crippen LogP contribution >= 0.6 is 0 Å². The van der Waals surface area contributed by atoms with Gasteiger partial charge in [-0.1, -0.05) is 6.08 Å². The molecule has 0 spiro atoms. The molecule has 0 aromatic carbocycles. The maximum Gasteiger partial charge on any atom is 0.417 e. The Bertz CT molecular complexity index is 359. The highest BCUT2D eigenvalue weighted by atomic mass is 19.4. The van der Waals surface area contributed by atoms with Gasteiger partial charge in [0.15, 0.2) is 0 Å². The normalized spacial score (nSPS) is 13.4. The van der Waals surface area contributed by atoms with Gasteiger partial charge in [0.2, 0.25) is 0 Å². The van der Waals surface area contributed by atoms with E-state index in [0.29, 0.717) is 6.42 Å². The van der Waals surface area contributed by atoms with Gasteiger partial charge in [0, 0.05) is 6.20 Å². The fraction of sp³-hybridized carbons (Fsp3) is 0.417. The Morgan fingerprint density at radius 1 is 1.41 bits per heavy atom. The van der Waals surface area contributed by atoms with Crippen LogP contribution in [0, 0.1) is 0 Å². The van der Waals surface area contributed by atoms with Crippen molar-refractivity contribution >= 4 is 0 Å². The van der Waals surface area contributed by atoms with Gasteiger partial charge >= 0.3 is 6.18 Å². The lowest BCUT2D eigenvalue weighted by atomic mass is 10.1. The number of nitrogens with zero attached hydrogens (tertiary/aromatic N) is 1. The Labute approximate surface area is 97.8 Å². The SMILES string of the molecule is C=CCCCC(O)c1ccc(C(F)(F)F)cn1. The zero-order valence-electron chi connectivity index (χ0n) is 9.24. The number of alkyl halides is 3. The van der Waals surface area contributed by atoms with Gasteiger partial charge in [0.25, 0.3) is 0 Å². The van der Waals surface area contributed by atoms with Crippen molar-refractivity contribution < 1.29 is 18.3 Å². The summed E-state index contributed by atoms with van der Waals surface area (Å²) >= 11 is 0. The van der Waals surface area contributed by atoms with Crippen LogP contribution in [-0.2, 0) is 6.18 Å². The topological polar surface area (TPSA) is 33.1 Å². The third kappa shape index (κ3) is 4.19. The molecule has 0 fully saturated rings. The van der Waals surface area contributed by atoms with Gasteiger partial charge in [-0.05, 0) is 31.4 Å². The number of pyridine rings is 1. The smallest absolute Gasteiger partial charge is 0.387 e. The number of rotatable bonds is 5. The fourth-order valence-electron chi connectivity index (χ4n) is 1.37. The first-order valence-corrected chi connectivity index (χ1v) is 5.27. The van der Waals surface area contributed by atoms with E-state index >= 15 is 0 Å². The fourth-order valence-corrected chi connectivity index (χ4v) is 1.37. The van der Waals surface area contributed by atoms with Gasteiger partial charge in [-0.15, -0.1) is 6.58 Å². The van der Waals surface area contributed by atoms with Crippen LogP contribution in [0.15, 0.2) is 31.0 Å². The second-order valence-electron chi connectivity index (χ2n) is 3.70. The molecule has 94 valence electrons. The third-order valence-corrected chi connectivity index (χ3v) is 2.34. The van der Waals surface area contributed by atoms with Crippen molar-refractivity contribution in [1.29, 1.82) is 0 Å². The van der Waals surface area contributed by atoms with Gasteiger partial charge in [0.05, 0.1) is 17.4 Å². The van der Waals surface area contributed by atoms with Crippen LogP contribution in [0.2, 0.25) is 0 Å². The van der Waals surface area contributed by atoms with Crippen LogP contribution < -0.4 is 0 Å². The molecular weight excluding hydrogens is 231 g/mol. The molecule has 0 aliphatic rings. The highest BCUT2D eigenvalue weighted by Gasteiger charge is 2.30. The van der Waals surface area contributed by atoms with Crippen LogP contribution in [0.4, 0.5) is 13.2 Å². The molecule has 1 heterocycles. The van der Waals surface area contributed by atoms with Crippen LogP contribution in [0.5, 0.6) is 0 Å². The zero-order valence-corrected chi connectivity index (χ0v) is 9.24. The molecule has 5 heteroatoms. The van der Waals surface area contributed by atoms with Gasteiger partial charge < -0.3 is 5.11 Å². The Morgan fingerprint density at radius 2 is 2.12 bits per heavy atom. The average molecular weight is 245 g/mol. The second kappa shape index (κ2) is 5.82. The summed E-state index contributed by atoms with van der Waals surface area (Å²) < 4.78 is 36.8. The van der Waals surface area contributed by atoms with E-state index in [0.717, 1.165) is 25.1 Å². The molecule has 0 saturated carbocycles. The van der Waals surface area contributed by atoms with Crippen molar-refractivity contribution in [2.24, 2.45) is 0 Å². The van der Waals surface area contributed by atoms with E-state index < -0.39 is 17.8 Å². The molecule has 0 amide bonds. The quantitative estimate of drug-likeness (QED) is 0.636. The van der Waals surface area contributed by atoms with Crippen molar-refractivity contribution in [3.8, 4) is 0 Å². The van der Waals surface area contributed by atoms with Crippen LogP contribution in [-0.4, -0.2) is 10.1 Å². The molecule has 1 unspecified atom stereocenters. The van der Waals surface area contributed by atoms with E-state index in [1.807, 2.05) is 0 Å². The maximum atomic E-state index is 12.3. The van der Waals surface area contributed by atoms with Gasteiger partial charge in [-0.3, -0.25) is 4.98 Å². The number of aromatic nitrogens is 1. The van der Waals surface area contributed by atoms with Crippen molar-refractivity contribution in [3.05, 3.63) is 42.2 Å². The predicted molar refractivity (Wildman–Crippen MR) is 58.2 cm³/mol. The van der Waals surface area contributed by atoms with Gasteiger partial charge in [-0.25, -0.2) is 0 Å². The second-order valence-corrected chi connectivity index (χ2v) is 3.70. The highest BCUT2D eigenvalue weighted by Crippen LogP contribution is 2.29. The number of unbranched alkanes of at least 4 members (excludes halogenated alkanes) is 1. The minimum absolute atomic E-state index is 0.266. The van der Waals surface area contributed by atoms with Crippen LogP contribution in [0.1, 0.15) is 36.6 Å². The summed E-state index contributed by atoms with van der Waals surface area (Å²) in [5.41, 5.74) is -0.540. The third-order valence-electron chi connectivity index (χ3n) is 2.34. The van der Waals surface area contributed by atoms with E-state index in [4.69, 9.17) is 0 Å². The number of allylic oxidation sites excluding steroid dienone is 1.